The number of carbonyl (C=O) groups is 1. The highest BCUT2D eigenvalue weighted by Gasteiger charge is 2.39. The van der Waals surface area contributed by atoms with E-state index in [4.69, 9.17) is 26.8 Å². The maximum Gasteiger partial charge on any atom is 0.175 e. The molecule has 0 saturated carbocycles. The normalized spacial score (nSPS) is 18.0. The zero-order chi connectivity index (χ0) is 24.4. The van der Waals surface area contributed by atoms with E-state index < -0.39 is 5.92 Å². The number of nitrogens with zero attached hydrogens (tertiary/aromatic N) is 2. The molecule has 2 N–H and O–H groups in total. The van der Waals surface area contributed by atoms with Gasteiger partial charge < -0.3 is 20.1 Å². The standard InChI is InChI=1S/C26H25BrClN3O3/c1-3-33-22-12-16(11-19(27)25(22)34-14-15-7-9-17(28)10-8-15)23-18(13-29)26(30)31(2)20-5-4-6-21(32)24(20)23/h7-12,23H,3-6,14,30H2,1-2H3/t23-/m1/s1. The van der Waals surface area contributed by atoms with Gasteiger partial charge in [0.2, 0.25) is 0 Å². The van der Waals surface area contributed by atoms with Crippen LogP contribution in [-0.2, 0) is 11.4 Å². The Labute approximate surface area is 212 Å². The van der Waals surface area contributed by atoms with E-state index in [-0.39, 0.29) is 5.78 Å². The molecule has 34 heavy (non-hydrogen) atoms. The second-order valence-corrected chi connectivity index (χ2v) is 9.51. The van der Waals surface area contributed by atoms with Crippen LogP contribution in [0.25, 0.3) is 0 Å². The van der Waals surface area contributed by atoms with Crippen LogP contribution in [0.1, 0.15) is 43.2 Å². The Kier molecular flexibility index (Phi) is 7.20. The van der Waals surface area contributed by atoms with Crippen molar-refractivity contribution >= 4 is 33.3 Å². The predicted octanol–water partition coefficient (Wildman–Crippen LogP) is 5.81. The molecule has 1 aliphatic carbocycles. The van der Waals surface area contributed by atoms with Gasteiger partial charge in [-0.1, -0.05) is 23.7 Å². The summed E-state index contributed by atoms with van der Waals surface area (Å²) in [5, 5.41) is 10.6. The number of hydrogen-bond donors (Lipinski definition) is 1. The third kappa shape index (κ3) is 4.53. The number of allylic oxidation sites excluding steroid dienone is 3. The van der Waals surface area contributed by atoms with Gasteiger partial charge in [-0.25, -0.2) is 0 Å². The fourth-order valence-corrected chi connectivity index (χ4v) is 5.19. The van der Waals surface area contributed by atoms with Crippen molar-refractivity contribution in [1.29, 1.82) is 5.26 Å². The Hall–Kier alpha value is -2.95. The van der Waals surface area contributed by atoms with Gasteiger partial charge in [-0.2, -0.15) is 5.26 Å². The zero-order valence-electron chi connectivity index (χ0n) is 19.0. The van der Waals surface area contributed by atoms with E-state index >= 15 is 0 Å². The first-order valence-corrected chi connectivity index (χ1v) is 12.3. The summed E-state index contributed by atoms with van der Waals surface area (Å²) in [6, 6.07) is 13.4. The zero-order valence-corrected chi connectivity index (χ0v) is 21.4. The topological polar surface area (TPSA) is 88.6 Å². The van der Waals surface area contributed by atoms with Crippen molar-refractivity contribution in [2.75, 3.05) is 13.7 Å². The minimum atomic E-state index is -0.551. The number of nitriles is 1. The minimum absolute atomic E-state index is 0.0514. The summed E-state index contributed by atoms with van der Waals surface area (Å²) in [7, 11) is 1.81. The molecular weight excluding hydrogens is 518 g/mol. The summed E-state index contributed by atoms with van der Waals surface area (Å²) in [5.41, 5.74) is 9.96. The van der Waals surface area contributed by atoms with E-state index in [1.165, 1.54) is 0 Å². The number of Topliss-reactive ketones (excluding diaryl/α,β-unsaturated/α-hetero) is 1. The SMILES string of the molecule is CCOc1cc([C@@H]2C(C#N)=C(N)N(C)C3=C2C(=O)CCC3)cc(Br)c1OCc1ccc(Cl)cc1. The molecule has 1 heterocycles. The van der Waals surface area contributed by atoms with Crippen LogP contribution in [0, 0.1) is 11.3 Å². The Morgan fingerprint density at radius 1 is 1.24 bits per heavy atom. The molecule has 8 heteroatoms. The van der Waals surface area contributed by atoms with E-state index in [0.29, 0.717) is 57.6 Å². The van der Waals surface area contributed by atoms with E-state index in [1.54, 1.807) is 4.90 Å². The molecule has 0 spiro atoms. The van der Waals surface area contributed by atoms with E-state index in [2.05, 4.69) is 22.0 Å². The van der Waals surface area contributed by atoms with Crippen LogP contribution in [-0.4, -0.2) is 24.3 Å². The van der Waals surface area contributed by atoms with Crippen molar-refractivity contribution in [1.82, 2.24) is 4.90 Å². The van der Waals surface area contributed by atoms with Gasteiger partial charge in [0.15, 0.2) is 17.3 Å². The minimum Gasteiger partial charge on any atom is -0.490 e. The van der Waals surface area contributed by atoms with Crippen LogP contribution >= 0.6 is 27.5 Å². The van der Waals surface area contributed by atoms with Gasteiger partial charge >= 0.3 is 0 Å². The highest BCUT2D eigenvalue weighted by atomic mass is 79.9. The molecule has 0 unspecified atom stereocenters. The molecule has 0 bridgehead atoms. The van der Waals surface area contributed by atoms with Crippen LogP contribution in [0.3, 0.4) is 0 Å². The second-order valence-electron chi connectivity index (χ2n) is 8.22. The van der Waals surface area contributed by atoms with Crippen molar-refractivity contribution in [3.05, 3.63) is 79.7 Å². The van der Waals surface area contributed by atoms with Crippen molar-refractivity contribution in [3.8, 4) is 17.6 Å². The van der Waals surface area contributed by atoms with Crippen LogP contribution in [0.5, 0.6) is 11.5 Å². The summed E-state index contributed by atoms with van der Waals surface area (Å²) >= 11 is 9.60. The van der Waals surface area contributed by atoms with Crippen LogP contribution < -0.4 is 15.2 Å². The van der Waals surface area contributed by atoms with Gasteiger partial charge in [-0.05, 0) is 71.1 Å². The molecule has 0 fully saturated rings. The summed E-state index contributed by atoms with van der Waals surface area (Å²) in [4.78, 5) is 14.8. The van der Waals surface area contributed by atoms with Crippen molar-refractivity contribution in [2.24, 2.45) is 5.73 Å². The predicted molar refractivity (Wildman–Crippen MR) is 134 cm³/mol. The summed E-state index contributed by atoms with van der Waals surface area (Å²) in [5.74, 6) is 0.951. The fourth-order valence-electron chi connectivity index (χ4n) is 4.49. The molecule has 0 radical (unpaired) electrons. The van der Waals surface area contributed by atoms with Crippen LogP contribution in [0.4, 0.5) is 0 Å². The van der Waals surface area contributed by atoms with Crippen molar-refractivity contribution in [3.63, 3.8) is 0 Å². The lowest BCUT2D eigenvalue weighted by Gasteiger charge is -2.37. The number of benzene rings is 2. The first kappa shape index (κ1) is 24.2. The van der Waals surface area contributed by atoms with E-state index in [0.717, 1.165) is 29.7 Å². The van der Waals surface area contributed by atoms with Gasteiger partial charge in [-0.15, -0.1) is 0 Å². The molecule has 1 aliphatic heterocycles. The Morgan fingerprint density at radius 2 is 1.97 bits per heavy atom. The third-order valence-corrected chi connectivity index (χ3v) is 6.97. The first-order chi connectivity index (χ1) is 16.3. The van der Waals surface area contributed by atoms with Gasteiger partial charge in [0.05, 0.1) is 28.6 Å². The lowest BCUT2D eigenvalue weighted by molar-refractivity contribution is -0.116. The maximum absolute atomic E-state index is 13.0. The Bertz CT molecular complexity index is 1230. The molecule has 2 aromatic rings. The number of hydrogen-bond acceptors (Lipinski definition) is 6. The van der Waals surface area contributed by atoms with Crippen LogP contribution in [0.15, 0.2) is 63.5 Å². The summed E-state index contributed by atoms with van der Waals surface area (Å²) < 4.78 is 12.7. The summed E-state index contributed by atoms with van der Waals surface area (Å²) in [6.07, 6.45) is 1.98. The molecule has 0 aromatic heterocycles. The second kappa shape index (κ2) is 10.1. The number of carbonyl (C=O) groups excluding carboxylic acids is 1. The molecule has 1 atom stereocenters. The Morgan fingerprint density at radius 3 is 2.65 bits per heavy atom. The maximum atomic E-state index is 13.0. The molecule has 6 nitrogen and oxygen atoms in total. The highest BCUT2D eigenvalue weighted by molar-refractivity contribution is 9.10. The molecule has 2 aromatic carbocycles. The monoisotopic (exact) mass is 541 g/mol. The third-order valence-electron chi connectivity index (χ3n) is 6.13. The Balaban J connectivity index is 1.77. The van der Waals surface area contributed by atoms with E-state index in [9.17, 15) is 10.1 Å². The number of ether oxygens (including phenoxy) is 2. The average Bonchev–Trinajstić information content (AvgIpc) is 2.82. The quantitative estimate of drug-likeness (QED) is 0.495. The number of nitrogens with two attached hydrogens (primary N) is 1. The average molecular weight is 543 g/mol. The molecule has 2 aliphatic rings. The molecule has 0 amide bonds. The van der Waals surface area contributed by atoms with Gasteiger partial charge in [0, 0.05) is 29.8 Å². The molecular formula is C26H25BrClN3O3. The van der Waals surface area contributed by atoms with E-state index in [1.807, 2.05) is 50.4 Å². The molecule has 4 rings (SSSR count). The summed E-state index contributed by atoms with van der Waals surface area (Å²) in [6.45, 7) is 2.65. The molecule has 0 saturated heterocycles. The van der Waals surface area contributed by atoms with Gasteiger partial charge in [0.25, 0.3) is 0 Å². The van der Waals surface area contributed by atoms with Gasteiger partial charge in [0.1, 0.15) is 12.4 Å². The number of ketones is 1. The fraction of sp³-hybridized carbons (Fsp3) is 0.308. The lowest BCUT2D eigenvalue weighted by Crippen LogP contribution is -2.36. The highest BCUT2D eigenvalue weighted by Crippen LogP contribution is 2.47. The van der Waals surface area contributed by atoms with Crippen LogP contribution in [0.2, 0.25) is 5.02 Å². The number of halogens is 2. The molecule has 176 valence electrons. The smallest absolute Gasteiger partial charge is 0.175 e. The largest absolute Gasteiger partial charge is 0.490 e. The van der Waals surface area contributed by atoms with Crippen molar-refractivity contribution < 1.29 is 14.3 Å². The first-order valence-electron chi connectivity index (χ1n) is 11.1. The number of rotatable bonds is 6. The van der Waals surface area contributed by atoms with Gasteiger partial charge in [-0.3, -0.25) is 4.79 Å². The van der Waals surface area contributed by atoms with Crippen molar-refractivity contribution in [2.45, 2.75) is 38.7 Å². The lowest BCUT2D eigenvalue weighted by atomic mass is 9.76.